The summed E-state index contributed by atoms with van der Waals surface area (Å²) < 4.78 is 0. The second-order valence-electron chi connectivity index (χ2n) is 1.73. The molecule has 54 valence electrons. The van der Waals surface area contributed by atoms with Gasteiger partial charge in [-0.15, -0.1) is 0 Å². The van der Waals surface area contributed by atoms with Gasteiger partial charge in [0, 0.05) is 0 Å². The van der Waals surface area contributed by atoms with Crippen LogP contribution in [0.4, 0.5) is 0 Å². The molecule has 0 atom stereocenters. The Morgan fingerprint density at radius 2 is 0.875 bits per heavy atom. The van der Waals surface area contributed by atoms with Crippen molar-refractivity contribution in [3.63, 3.8) is 0 Å². The summed E-state index contributed by atoms with van der Waals surface area (Å²) in [7, 11) is 1.50. The van der Waals surface area contributed by atoms with Crippen molar-refractivity contribution in [3.8, 4) is 0 Å². The van der Waals surface area contributed by atoms with Crippen LogP contribution in [0.2, 0.25) is 0 Å². The molecule has 0 amide bonds. The number of hydrogen-bond acceptors (Lipinski definition) is 1. The van der Waals surface area contributed by atoms with Crippen molar-refractivity contribution in [1.29, 1.82) is 0 Å². The Kier molecular flexibility index (Phi) is 55.3. The van der Waals surface area contributed by atoms with Gasteiger partial charge in [-0.05, 0) is 13.0 Å². The van der Waals surface area contributed by atoms with E-state index in [9.17, 15) is 0 Å². The van der Waals surface area contributed by atoms with Crippen molar-refractivity contribution < 1.29 is 0 Å². The van der Waals surface area contributed by atoms with Crippen LogP contribution in [0.25, 0.3) is 0 Å². The lowest BCUT2D eigenvalue weighted by Crippen LogP contribution is -1.69. The van der Waals surface area contributed by atoms with Gasteiger partial charge in [-0.25, -0.2) is 0 Å². The highest BCUT2D eigenvalue weighted by molar-refractivity contribution is 4.20. The fraction of sp³-hybridized carbons (Fsp3) is 1.00. The predicted molar refractivity (Wildman–Crippen MR) is 42.0 cm³/mol. The summed E-state index contributed by atoms with van der Waals surface area (Å²) in [6.07, 6.45) is 0. The number of hydrogen-bond donors (Lipinski definition) is 1. The average Bonchev–Trinajstić information content (AvgIpc) is 1.75. The molecule has 0 aliphatic carbocycles. The first-order valence-electron chi connectivity index (χ1n) is 3.31. The molecular weight excluding hydrogens is 98.1 g/mol. The van der Waals surface area contributed by atoms with E-state index in [1.165, 1.54) is 7.05 Å². The van der Waals surface area contributed by atoms with Crippen LogP contribution in [0.3, 0.4) is 0 Å². The van der Waals surface area contributed by atoms with Crippen molar-refractivity contribution in [2.75, 3.05) is 7.05 Å². The van der Waals surface area contributed by atoms with Crippen LogP contribution in [0.1, 0.15) is 34.6 Å². The number of rotatable bonds is 0. The summed E-state index contributed by atoms with van der Waals surface area (Å²) in [6.45, 7) is 10.5. The fourth-order valence-corrected chi connectivity index (χ4v) is 0. The van der Waals surface area contributed by atoms with Gasteiger partial charge in [0.1, 0.15) is 0 Å². The maximum Gasteiger partial charge on any atom is -0.0195 e. The van der Waals surface area contributed by atoms with E-state index in [1.807, 2.05) is 13.8 Å². The summed E-state index contributed by atoms with van der Waals surface area (Å²) >= 11 is 0. The van der Waals surface area contributed by atoms with Crippen LogP contribution in [0.5, 0.6) is 0 Å². The smallest absolute Gasteiger partial charge is 0.0195 e. The lowest BCUT2D eigenvalue weighted by molar-refractivity contribution is 0.737. The Bertz CT molecular complexity index is 9.10. The lowest BCUT2D eigenvalue weighted by Gasteiger charge is -1.79. The van der Waals surface area contributed by atoms with Crippen molar-refractivity contribution >= 4 is 0 Å². The van der Waals surface area contributed by atoms with E-state index in [4.69, 9.17) is 0 Å². The van der Waals surface area contributed by atoms with Gasteiger partial charge in [0.2, 0.25) is 0 Å². The van der Waals surface area contributed by atoms with Crippen LogP contribution in [-0.2, 0) is 0 Å². The molecule has 0 heterocycles. The van der Waals surface area contributed by atoms with Gasteiger partial charge in [-0.3, -0.25) is 0 Å². The molecule has 0 aliphatic heterocycles. The molecule has 0 aromatic heterocycles. The van der Waals surface area contributed by atoms with Crippen LogP contribution in [0.15, 0.2) is 0 Å². The van der Waals surface area contributed by atoms with Gasteiger partial charge >= 0.3 is 0 Å². The maximum atomic E-state index is 4.50. The van der Waals surface area contributed by atoms with Crippen LogP contribution in [0, 0.1) is 5.92 Å². The van der Waals surface area contributed by atoms with E-state index in [0.29, 0.717) is 0 Å². The van der Waals surface area contributed by atoms with Crippen LogP contribution < -0.4 is 5.73 Å². The third-order valence-corrected chi connectivity index (χ3v) is 0. The summed E-state index contributed by atoms with van der Waals surface area (Å²) in [4.78, 5) is 0. The summed E-state index contributed by atoms with van der Waals surface area (Å²) in [6, 6.07) is 0. The van der Waals surface area contributed by atoms with Gasteiger partial charge in [0.15, 0.2) is 0 Å². The van der Waals surface area contributed by atoms with E-state index >= 15 is 0 Å². The molecule has 0 aliphatic rings. The molecular formula is C7H21N. The highest BCUT2D eigenvalue weighted by Crippen LogP contribution is 1.81. The molecule has 0 radical (unpaired) electrons. The van der Waals surface area contributed by atoms with Gasteiger partial charge in [0.05, 0.1) is 0 Å². The first-order chi connectivity index (χ1) is 3.73. The van der Waals surface area contributed by atoms with E-state index in [2.05, 4.69) is 26.5 Å². The Morgan fingerprint density at radius 3 is 0.875 bits per heavy atom. The summed E-state index contributed by atoms with van der Waals surface area (Å²) in [5.74, 6) is 0.833. The van der Waals surface area contributed by atoms with Crippen molar-refractivity contribution in [1.82, 2.24) is 0 Å². The zero-order valence-corrected chi connectivity index (χ0v) is 7.15. The molecule has 0 spiro atoms. The molecule has 8 heavy (non-hydrogen) atoms. The zero-order valence-electron chi connectivity index (χ0n) is 7.15. The van der Waals surface area contributed by atoms with E-state index in [1.54, 1.807) is 0 Å². The molecule has 1 nitrogen and oxygen atoms in total. The molecule has 0 aromatic rings. The monoisotopic (exact) mass is 119 g/mol. The van der Waals surface area contributed by atoms with Gasteiger partial charge in [0.25, 0.3) is 0 Å². The fourth-order valence-electron chi connectivity index (χ4n) is 0. The molecule has 2 N–H and O–H groups in total. The van der Waals surface area contributed by atoms with Crippen molar-refractivity contribution in [3.05, 3.63) is 0 Å². The Hall–Kier alpha value is -0.0400. The molecule has 0 unspecified atom stereocenters. The van der Waals surface area contributed by atoms with E-state index in [0.717, 1.165) is 5.92 Å². The zero-order chi connectivity index (χ0) is 7.58. The largest absolute Gasteiger partial charge is 0.333 e. The Balaban J connectivity index is -0.0000000542. The average molecular weight is 119 g/mol. The standard InChI is InChI=1S/C4H10.C2H6.CH5N/c1-4(2)3;2*1-2/h4H,1-3H3;1-2H3;2H2,1H3. The SMILES string of the molecule is CC.CC(C)C.CN. The van der Waals surface area contributed by atoms with E-state index < -0.39 is 0 Å². The highest BCUT2D eigenvalue weighted by atomic mass is 14.4. The Labute approximate surface area is 54.3 Å². The maximum absolute atomic E-state index is 4.50. The lowest BCUT2D eigenvalue weighted by atomic mass is 10.3. The molecule has 0 fully saturated rings. The Morgan fingerprint density at radius 1 is 0.875 bits per heavy atom. The third-order valence-electron chi connectivity index (χ3n) is 0. The number of nitrogens with two attached hydrogens (primary N) is 1. The van der Waals surface area contributed by atoms with Crippen LogP contribution in [-0.4, -0.2) is 7.05 Å². The predicted octanol–water partition coefficient (Wildman–Crippen LogP) is 2.26. The second kappa shape index (κ2) is 28.2. The normalized spacial score (nSPS) is 6.00. The minimum atomic E-state index is 0.833. The minimum absolute atomic E-state index is 0.833. The molecule has 0 bridgehead atoms. The topological polar surface area (TPSA) is 26.0 Å². The quantitative estimate of drug-likeness (QED) is 0.520. The van der Waals surface area contributed by atoms with Gasteiger partial charge in [-0.1, -0.05) is 34.6 Å². The summed E-state index contributed by atoms with van der Waals surface area (Å²) in [5.41, 5.74) is 4.50. The molecule has 0 rings (SSSR count). The molecule has 0 aromatic carbocycles. The third kappa shape index (κ3) is 91600. The second-order valence-corrected chi connectivity index (χ2v) is 1.73. The highest BCUT2D eigenvalue weighted by Gasteiger charge is 1.68. The van der Waals surface area contributed by atoms with Gasteiger partial charge < -0.3 is 5.73 Å². The first-order valence-corrected chi connectivity index (χ1v) is 3.31. The van der Waals surface area contributed by atoms with E-state index in [-0.39, 0.29) is 0 Å². The first kappa shape index (κ1) is 15.7. The molecule has 1 heteroatoms. The van der Waals surface area contributed by atoms with Gasteiger partial charge in [-0.2, -0.15) is 0 Å². The molecule has 0 saturated heterocycles. The van der Waals surface area contributed by atoms with Crippen molar-refractivity contribution in [2.45, 2.75) is 34.6 Å². The minimum Gasteiger partial charge on any atom is -0.333 e. The molecule has 0 saturated carbocycles. The van der Waals surface area contributed by atoms with Crippen LogP contribution >= 0.6 is 0 Å². The van der Waals surface area contributed by atoms with Crippen molar-refractivity contribution in [2.24, 2.45) is 11.7 Å². The summed E-state index contributed by atoms with van der Waals surface area (Å²) in [5, 5.41) is 0.